The van der Waals surface area contributed by atoms with E-state index >= 15 is 0 Å². The van der Waals surface area contributed by atoms with Crippen LogP contribution in [0.1, 0.15) is 104 Å². The van der Waals surface area contributed by atoms with Crippen LogP contribution in [0.2, 0.25) is 0 Å². The van der Waals surface area contributed by atoms with Gasteiger partial charge in [-0.05, 0) is 323 Å². The molecule has 18 rings (SSSR count). The average Bonchev–Trinajstić information content (AvgIpc) is 1.72. The summed E-state index contributed by atoms with van der Waals surface area (Å²) >= 11 is 9.13. The van der Waals surface area contributed by atoms with Gasteiger partial charge in [0.2, 0.25) is 0 Å². The topological polar surface area (TPSA) is 0 Å². The van der Waals surface area contributed by atoms with Crippen molar-refractivity contribution in [3.05, 3.63) is 456 Å². The van der Waals surface area contributed by atoms with Crippen molar-refractivity contribution in [2.75, 3.05) is 0 Å². The van der Waals surface area contributed by atoms with E-state index in [4.69, 9.17) is 0 Å². The summed E-state index contributed by atoms with van der Waals surface area (Å²) in [6.45, 7) is 21.6. The van der Waals surface area contributed by atoms with Crippen LogP contribution in [0.3, 0.4) is 0 Å². The first kappa shape index (κ1) is 83.1. The smallest absolute Gasteiger partial charge is 0.0273 e. The summed E-state index contributed by atoms with van der Waals surface area (Å²) in [6.07, 6.45) is 22.1. The summed E-state index contributed by atoms with van der Waals surface area (Å²) in [5, 5.41) is 5.17. The number of hydrogen-bond donors (Lipinski definition) is 0. The molecule has 0 bridgehead atoms. The van der Waals surface area contributed by atoms with Gasteiger partial charge in [-0.15, -0.1) is 56.7 Å². The highest BCUT2D eigenvalue weighted by molar-refractivity contribution is 7.14. The van der Waals surface area contributed by atoms with E-state index in [9.17, 15) is 0 Å². The van der Waals surface area contributed by atoms with Gasteiger partial charge in [0.1, 0.15) is 0 Å². The van der Waals surface area contributed by atoms with Crippen molar-refractivity contribution < 1.29 is 0 Å². The highest BCUT2D eigenvalue weighted by Crippen LogP contribution is 2.40. The molecule has 0 amide bonds. The number of thiophene rings is 5. The highest BCUT2D eigenvalue weighted by atomic mass is 32.1. The van der Waals surface area contributed by atoms with Gasteiger partial charge in [-0.3, -0.25) is 0 Å². The van der Waals surface area contributed by atoms with Gasteiger partial charge in [0.05, 0.1) is 0 Å². The summed E-state index contributed by atoms with van der Waals surface area (Å²) < 4.78 is 0. The Balaban J connectivity index is 0.000000124. The normalized spacial score (nSPS) is 11.3. The van der Waals surface area contributed by atoms with Gasteiger partial charge in [0, 0.05) is 48.8 Å². The molecule has 0 aliphatic heterocycles. The van der Waals surface area contributed by atoms with Crippen LogP contribution in [0.15, 0.2) is 352 Å². The van der Waals surface area contributed by atoms with E-state index in [-0.39, 0.29) is 0 Å². The van der Waals surface area contributed by atoms with Gasteiger partial charge in [-0.25, -0.2) is 0 Å². The molecule has 0 aliphatic carbocycles. The first-order valence-corrected chi connectivity index (χ1v) is 44.6. The zero-order valence-corrected chi connectivity index (χ0v) is 73.4. The molecule has 0 nitrogen and oxygen atoms in total. The van der Waals surface area contributed by atoms with E-state index in [0.29, 0.717) is 0 Å². The summed E-state index contributed by atoms with van der Waals surface area (Å²) in [5.74, 6) is 0. The number of benzene rings is 13. The molecule has 584 valence electrons. The Bertz CT molecular complexity index is 6550. The van der Waals surface area contributed by atoms with Crippen molar-refractivity contribution in [3.63, 3.8) is 0 Å². The third kappa shape index (κ3) is 22.7. The van der Waals surface area contributed by atoms with Crippen LogP contribution in [0.5, 0.6) is 0 Å². The molecule has 0 fully saturated rings. The molecular weight excluding hydrogens is 1530 g/mol. The van der Waals surface area contributed by atoms with Crippen LogP contribution in [0, 0.1) is 69.2 Å². The zero-order chi connectivity index (χ0) is 82.4. The van der Waals surface area contributed by atoms with E-state index in [1.54, 1.807) is 0 Å². The molecular formula is C114H98S5. The molecule has 5 heteroatoms. The Kier molecular flexibility index (Phi) is 28.4. The SMILES string of the molecule is Cc1ccc(/C=C/c2cc(-c3cccc4ccccc34)c(C)cc2-c2ccccc2)s1.Cc1ccc(/C=C/c2cc(-c3ccccc3)c(C)cc2-c2ccccc2)s1.Cc1ccc(/C=C/c2ccc(C)c(-c3cccc4ccccc34)c2)s1.Cc1ccc(/C=C/c2ccc(C)c(-c3ccccc3)c2)s1.Cc1ccc(/C=C/c2ccc(C)s2)cc1. The van der Waals surface area contributed by atoms with Crippen molar-refractivity contribution >= 4 is 139 Å². The zero-order valence-electron chi connectivity index (χ0n) is 69.3. The number of fused-ring (bicyclic) bond motifs is 2. The van der Waals surface area contributed by atoms with Crippen LogP contribution in [0.4, 0.5) is 0 Å². The molecule has 0 radical (unpaired) electrons. The lowest BCUT2D eigenvalue weighted by atomic mass is 9.89. The Morgan fingerprint density at radius 1 is 0.176 bits per heavy atom. The maximum atomic E-state index is 2.36. The standard InChI is InChI=1S/C30H24S.C26H22S.C24H20S.C20H18S.C14H14S/c1-21-19-30(24-9-4-3-5-10-24)25(16-18-26-17-15-22(2)31-26)20-29(21)28-14-8-12-23-11-6-7-13-27(23)28;1-19-17-26(22-11-7-4-8-12-22)23(14-16-24-15-13-20(2)27-24)18-25(19)21-9-5-3-6-10-21;1-17-10-12-19(13-15-21-14-11-18(2)25-21)16-24(17)23-9-5-7-20-6-3-4-8-22(20)23;1-15-8-10-17(11-13-19-12-9-16(2)21-19)14-20(15)18-6-4-3-5-7-18;1-11-3-6-13(7-4-11)8-10-14-9-5-12(2)15-14/h3-20H,1-2H3;3-18H,1-2H3;3-16H,1-2H3;3-14H,1-2H3;3-10H,1-2H3/b18-16+;16-14+;15-13+;13-11+;10-8+. The third-order valence-corrected chi connectivity index (χ3v) is 25.7. The number of rotatable bonds is 16. The van der Waals surface area contributed by atoms with E-state index in [1.807, 2.05) is 56.7 Å². The van der Waals surface area contributed by atoms with Crippen molar-refractivity contribution in [3.8, 4) is 66.8 Å². The fourth-order valence-corrected chi connectivity index (χ4v) is 18.5. The maximum absolute atomic E-state index is 2.36. The van der Waals surface area contributed by atoms with Crippen molar-refractivity contribution in [1.29, 1.82) is 0 Å². The molecule has 0 saturated carbocycles. The van der Waals surface area contributed by atoms with E-state index < -0.39 is 0 Å². The second-order valence-corrected chi connectivity index (χ2v) is 36.6. The molecule has 5 aromatic heterocycles. The van der Waals surface area contributed by atoms with E-state index in [2.05, 4.69) is 482 Å². The molecule has 0 unspecified atom stereocenters. The van der Waals surface area contributed by atoms with Gasteiger partial charge in [-0.1, -0.05) is 303 Å². The molecule has 0 N–H and O–H groups in total. The largest absolute Gasteiger partial charge is 0.141 e. The van der Waals surface area contributed by atoms with Crippen LogP contribution in [-0.4, -0.2) is 0 Å². The lowest BCUT2D eigenvalue weighted by molar-refractivity contribution is 1.44. The Morgan fingerprint density at radius 2 is 0.462 bits per heavy atom. The first-order valence-electron chi connectivity index (χ1n) is 40.5. The second-order valence-electron chi connectivity index (χ2n) is 30.0. The van der Waals surface area contributed by atoms with E-state index in [0.717, 1.165) is 0 Å². The lowest BCUT2D eigenvalue weighted by Gasteiger charge is -2.15. The molecule has 5 heterocycles. The van der Waals surface area contributed by atoms with Crippen LogP contribution in [-0.2, 0) is 0 Å². The quantitative estimate of drug-likeness (QED) is 0.0904. The van der Waals surface area contributed by atoms with Crippen molar-refractivity contribution in [2.45, 2.75) is 69.2 Å². The lowest BCUT2D eigenvalue weighted by Crippen LogP contribution is -1.91. The third-order valence-electron chi connectivity index (χ3n) is 20.9. The highest BCUT2D eigenvalue weighted by Gasteiger charge is 2.15. The van der Waals surface area contributed by atoms with Crippen LogP contribution >= 0.6 is 56.7 Å². The van der Waals surface area contributed by atoms with Gasteiger partial charge in [0.25, 0.3) is 0 Å². The minimum absolute atomic E-state index is 1.24. The van der Waals surface area contributed by atoms with Gasteiger partial charge >= 0.3 is 0 Å². The van der Waals surface area contributed by atoms with E-state index in [1.165, 1.54) is 193 Å². The fraction of sp³-hybridized carbons (Fsp3) is 0.0877. The van der Waals surface area contributed by atoms with Crippen molar-refractivity contribution in [1.82, 2.24) is 0 Å². The first-order chi connectivity index (χ1) is 58.1. The van der Waals surface area contributed by atoms with Gasteiger partial charge in [-0.2, -0.15) is 0 Å². The summed E-state index contributed by atoms with van der Waals surface area (Å²) in [4.78, 5) is 13.2. The summed E-state index contributed by atoms with van der Waals surface area (Å²) in [6, 6.07) is 126. The molecule has 0 atom stereocenters. The second kappa shape index (κ2) is 40.6. The van der Waals surface area contributed by atoms with Crippen LogP contribution in [0.25, 0.3) is 149 Å². The van der Waals surface area contributed by atoms with Crippen molar-refractivity contribution in [2.24, 2.45) is 0 Å². The van der Waals surface area contributed by atoms with Gasteiger partial charge in [0.15, 0.2) is 0 Å². The summed E-state index contributed by atoms with van der Waals surface area (Å²) in [7, 11) is 0. The minimum Gasteiger partial charge on any atom is -0.141 e. The monoisotopic (exact) mass is 1630 g/mol. The Hall–Kier alpha value is -12.4. The van der Waals surface area contributed by atoms with Gasteiger partial charge < -0.3 is 0 Å². The molecule has 0 saturated heterocycles. The fourth-order valence-electron chi connectivity index (χ4n) is 14.6. The average molecular weight is 1630 g/mol. The Morgan fingerprint density at radius 3 is 0.840 bits per heavy atom. The predicted octanol–water partition coefficient (Wildman–Crippen LogP) is 35.0. The molecule has 0 spiro atoms. The maximum Gasteiger partial charge on any atom is 0.0273 e. The molecule has 0 aliphatic rings. The minimum atomic E-state index is 1.24. The molecule has 13 aromatic carbocycles. The predicted molar refractivity (Wildman–Crippen MR) is 533 cm³/mol. The molecule has 18 aromatic rings. The number of aryl methyl sites for hydroxylation is 10. The molecule has 119 heavy (non-hydrogen) atoms. The number of hydrogen-bond acceptors (Lipinski definition) is 5. The summed E-state index contributed by atoms with van der Waals surface area (Å²) in [5.41, 5.74) is 28.1. The van der Waals surface area contributed by atoms with Crippen LogP contribution < -0.4 is 0 Å². The Labute approximate surface area is 725 Å².